The number of methoxy groups -OCH3 is 1. The van der Waals surface area contributed by atoms with Crippen LogP contribution in [0.2, 0.25) is 5.02 Å². The Morgan fingerprint density at radius 2 is 1.96 bits per heavy atom. The number of thiocarbonyl (C=S) groups is 1. The lowest BCUT2D eigenvalue weighted by molar-refractivity contribution is -0.122. The smallest absolute Gasteiger partial charge is 0.270 e. The van der Waals surface area contributed by atoms with Gasteiger partial charge in [-0.25, -0.2) is 0 Å². The number of rotatable bonds is 3. The lowest BCUT2D eigenvalue weighted by Gasteiger charge is -2.30. The summed E-state index contributed by atoms with van der Waals surface area (Å²) in [5.41, 5.74) is 2.00. The Labute approximate surface area is 175 Å². The lowest BCUT2D eigenvalue weighted by Crippen LogP contribution is -2.54. The molecule has 27 heavy (non-hydrogen) atoms. The number of nitrogens with zero attached hydrogens (tertiary/aromatic N) is 1. The van der Waals surface area contributed by atoms with E-state index in [2.05, 4.69) is 21.2 Å². The summed E-state index contributed by atoms with van der Waals surface area (Å²) < 4.78 is 6.00. The van der Waals surface area contributed by atoms with Crippen molar-refractivity contribution in [1.82, 2.24) is 5.32 Å². The SMILES string of the molecule is COc1ccc(C=C2C(=O)NC(=S)N(c3ccc(Br)cc3C)C2=O)cc1Cl. The van der Waals surface area contributed by atoms with Crippen molar-refractivity contribution in [3.8, 4) is 5.75 Å². The maximum Gasteiger partial charge on any atom is 0.270 e. The second kappa shape index (κ2) is 7.80. The Balaban J connectivity index is 2.03. The minimum absolute atomic E-state index is 0.0350. The third kappa shape index (κ3) is 3.90. The van der Waals surface area contributed by atoms with Crippen LogP contribution < -0.4 is 15.0 Å². The summed E-state index contributed by atoms with van der Waals surface area (Å²) in [6.45, 7) is 1.86. The zero-order valence-corrected chi connectivity index (χ0v) is 17.5. The molecule has 2 aromatic rings. The van der Waals surface area contributed by atoms with Crippen LogP contribution in [0.4, 0.5) is 5.69 Å². The van der Waals surface area contributed by atoms with Crippen molar-refractivity contribution in [1.29, 1.82) is 0 Å². The van der Waals surface area contributed by atoms with Gasteiger partial charge < -0.3 is 4.74 Å². The van der Waals surface area contributed by atoms with Gasteiger partial charge in [0.15, 0.2) is 5.11 Å². The molecular formula is C19H14BrClN2O3S. The van der Waals surface area contributed by atoms with Gasteiger partial charge in [-0.2, -0.15) is 0 Å². The van der Waals surface area contributed by atoms with Gasteiger partial charge in [-0.1, -0.05) is 33.6 Å². The number of benzene rings is 2. The van der Waals surface area contributed by atoms with E-state index in [-0.39, 0.29) is 10.7 Å². The average Bonchev–Trinajstić information content (AvgIpc) is 2.60. The van der Waals surface area contributed by atoms with Gasteiger partial charge in [-0.05, 0) is 66.7 Å². The van der Waals surface area contributed by atoms with Gasteiger partial charge in [0, 0.05) is 4.47 Å². The predicted molar refractivity (Wildman–Crippen MR) is 113 cm³/mol. The predicted octanol–water partition coefficient (Wildman–Crippen LogP) is 4.25. The second-order valence-corrected chi connectivity index (χ2v) is 7.49. The minimum atomic E-state index is -0.553. The number of halogens is 2. The van der Waals surface area contributed by atoms with E-state index in [1.807, 2.05) is 13.0 Å². The molecule has 0 aromatic heterocycles. The van der Waals surface area contributed by atoms with Gasteiger partial charge in [0.2, 0.25) is 0 Å². The molecule has 1 N–H and O–H groups in total. The van der Waals surface area contributed by atoms with Gasteiger partial charge in [0.05, 0.1) is 17.8 Å². The first kappa shape index (κ1) is 19.5. The monoisotopic (exact) mass is 464 g/mol. The number of hydrogen-bond acceptors (Lipinski definition) is 4. The van der Waals surface area contributed by atoms with Crippen molar-refractivity contribution in [2.24, 2.45) is 0 Å². The van der Waals surface area contributed by atoms with Gasteiger partial charge in [0.25, 0.3) is 11.8 Å². The molecule has 0 bridgehead atoms. The summed E-state index contributed by atoms with van der Waals surface area (Å²) in [6, 6.07) is 10.4. The largest absolute Gasteiger partial charge is 0.495 e. The standard InChI is InChI=1S/C19H14BrClN2O3S/c1-10-7-12(20)4-5-15(10)23-18(25)13(17(24)22-19(23)27)8-11-3-6-16(26-2)14(21)9-11/h3-9H,1-2H3,(H,22,24,27). The Kier molecular flexibility index (Phi) is 5.64. The summed E-state index contributed by atoms with van der Waals surface area (Å²) in [5.74, 6) is -0.546. The highest BCUT2D eigenvalue weighted by Gasteiger charge is 2.35. The molecule has 1 aliphatic rings. The summed E-state index contributed by atoms with van der Waals surface area (Å²) in [5, 5.41) is 2.99. The highest BCUT2D eigenvalue weighted by Crippen LogP contribution is 2.29. The molecule has 0 unspecified atom stereocenters. The molecule has 5 nitrogen and oxygen atoms in total. The minimum Gasteiger partial charge on any atom is -0.495 e. The van der Waals surface area contributed by atoms with E-state index in [1.54, 1.807) is 30.3 Å². The molecule has 2 aromatic carbocycles. The van der Waals surface area contributed by atoms with E-state index in [0.717, 1.165) is 10.0 Å². The van der Waals surface area contributed by atoms with E-state index < -0.39 is 11.8 Å². The number of carbonyl (C=O) groups excluding carboxylic acids is 2. The fraction of sp³-hybridized carbons (Fsp3) is 0.105. The first-order valence-electron chi connectivity index (χ1n) is 7.83. The van der Waals surface area contributed by atoms with Crippen molar-refractivity contribution < 1.29 is 14.3 Å². The average molecular weight is 466 g/mol. The van der Waals surface area contributed by atoms with Crippen LogP contribution in [0.5, 0.6) is 5.75 Å². The van der Waals surface area contributed by atoms with Crippen LogP contribution in [0.1, 0.15) is 11.1 Å². The molecule has 1 aliphatic heterocycles. The van der Waals surface area contributed by atoms with Crippen LogP contribution in [0, 0.1) is 6.92 Å². The van der Waals surface area contributed by atoms with E-state index in [4.69, 9.17) is 28.6 Å². The highest BCUT2D eigenvalue weighted by atomic mass is 79.9. The third-order valence-corrected chi connectivity index (χ3v) is 5.06. The van der Waals surface area contributed by atoms with Crippen molar-refractivity contribution in [3.05, 3.63) is 62.6 Å². The zero-order valence-electron chi connectivity index (χ0n) is 14.4. The van der Waals surface area contributed by atoms with Crippen molar-refractivity contribution in [3.63, 3.8) is 0 Å². The maximum atomic E-state index is 13.0. The number of aryl methyl sites for hydroxylation is 1. The lowest BCUT2D eigenvalue weighted by atomic mass is 10.1. The normalized spacial score (nSPS) is 15.9. The van der Waals surface area contributed by atoms with E-state index in [1.165, 1.54) is 18.1 Å². The highest BCUT2D eigenvalue weighted by molar-refractivity contribution is 9.10. The third-order valence-electron chi connectivity index (χ3n) is 3.99. The van der Waals surface area contributed by atoms with E-state index in [9.17, 15) is 9.59 Å². The van der Waals surface area contributed by atoms with Crippen LogP contribution in [0.15, 0.2) is 46.4 Å². The number of hydrogen-bond donors (Lipinski definition) is 1. The number of ether oxygens (including phenoxy) is 1. The topological polar surface area (TPSA) is 58.6 Å². The first-order chi connectivity index (χ1) is 12.8. The molecule has 0 aliphatic carbocycles. The Morgan fingerprint density at radius 1 is 1.22 bits per heavy atom. The van der Waals surface area contributed by atoms with Crippen molar-refractivity contribution in [2.45, 2.75) is 6.92 Å². The molecule has 1 saturated heterocycles. The van der Waals surface area contributed by atoms with E-state index >= 15 is 0 Å². The van der Waals surface area contributed by atoms with Crippen LogP contribution >= 0.6 is 39.7 Å². The molecule has 0 atom stereocenters. The van der Waals surface area contributed by atoms with Gasteiger partial charge in [0.1, 0.15) is 11.3 Å². The Bertz CT molecular complexity index is 1010. The molecule has 8 heteroatoms. The van der Waals surface area contributed by atoms with Gasteiger partial charge in [-0.3, -0.25) is 19.8 Å². The quantitative estimate of drug-likeness (QED) is 0.418. The van der Waals surface area contributed by atoms with Gasteiger partial charge >= 0.3 is 0 Å². The Morgan fingerprint density at radius 3 is 2.59 bits per heavy atom. The molecule has 1 fully saturated rings. The van der Waals surface area contributed by atoms with Crippen LogP contribution in [0.25, 0.3) is 6.08 Å². The fourth-order valence-electron chi connectivity index (χ4n) is 2.69. The molecule has 0 radical (unpaired) electrons. The van der Waals surface area contributed by atoms with Crippen molar-refractivity contribution in [2.75, 3.05) is 12.0 Å². The van der Waals surface area contributed by atoms with Crippen LogP contribution in [-0.4, -0.2) is 24.0 Å². The number of amides is 2. The molecule has 3 rings (SSSR count). The fourth-order valence-corrected chi connectivity index (χ4v) is 3.70. The molecule has 138 valence electrons. The maximum absolute atomic E-state index is 13.0. The summed E-state index contributed by atoms with van der Waals surface area (Å²) in [7, 11) is 1.51. The summed E-state index contributed by atoms with van der Waals surface area (Å²) in [6.07, 6.45) is 1.48. The molecular weight excluding hydrogens is 452 g/mol. The first-order valence-corrected chi connectivity index (χ1v) is 9.41. The van der Waals surface area contributed by atoms with Gasteiger partial charge in [-0.15, -0.1) is 0 Å². The van der Waals surface area contributed by atoms with Crippen LogP contribution in [-0.2, 0) is 9.59 Å². The van der Waals surface area contributed by atoms with Crippen LogP contribution in [0.3, 0.4) is 0 Å². The number of carbonyl (C=O) groups is 2. The number of nitrogens with one attached hydrogen (secondary N) is 1. The Hall–Kier alpha value is -2.22. The number of anilines is 1. The molecule has 0 spiro atoms. The second-order valence-electron chi connectivity index (χ2n) is 5.78. The zero-order chi connectivity index (χ0) is 19.7. The summed E-state index contributed by atoms with van der Waals surface area (Å²) in [4.78, 5) is 26.7. The summed E-state index contributed by atoms with van der Waals surface area (Å²) >= 11 is 14.7. The van der Waals surface area contributed by atoms with Crippen molar-refractivity contribution >= 4 is 68.4 Å². The molecule has 0 saturated carbocycles. The molecule has 1 heterocycles. The molecule has 2 amide bonds. The van der Waals surface area contributed by atoms with E-state index in [0.29, 0.717) is 22.0 Å².